The van der Waals surface area contributed by atoms with Crippen LogP contribution in [0.1, 0.15) is 25.7 Å². The van der Waals surface area contributed by atoms with Crippen LogP contribution in [0.5, 0.6) is 0 Å². The van der Waals surface area contributed by atoms with E-state index in [4.69, 9.17) is 0 Å². The van der Waals surface area contributed by atoms with Gasteiger partial charge >= 0.3 is 0 Å². The zero-order valence-corrected chi connectivity index (χ0v) is 15.2. The van der Waals surface area contributed by atoms with Gasteiger partial charge in [0.05, 0.1) is 31.2 Å². The average Bonchev–Trinajstić information content (AvgIpc) is 2.58. The van der Waals surface area contributed by atoms with Gasteiger partial charge in [-0.15, -0.1) is 11.8 Å². The largest absolute Gasteiger partial charge is 0.350 e. The minimum atomic E-state index is -0.494. The Morgan fingerprint density at radius 1 is 0.840 bits per heavy atom. The van der Waals surface area contributed by atoms with Gasteiger partial charge in [-0.05, 0) is 25.0 Å². The van der Waals surface area contributed by atoms with Crippen molar-refractivity contribution in [3.8, 4) is 0 Å². The van der Waals surface area contributed by atoms with E-state index in [1.807, 2.05) is 0 Å². The summed E-state index contributed by atoms with van der Waals surface area (Å²) >= 11 is 1.57. The standard InChI is InChI=1S/C14H25BN4O5S/c15-11(21)4-2-1-3-5-25-10-19-14(24)8-18-13(23)7-17-12(22)6-16-9-20/h9H,1-8,10,15H2,(H,16,20)(H,17,22)(H,18,23)(H,19,24). The van der Waals surface area contributed by atoms with E-state index in [0.29, 0.717) is 18.7 Å². The zero-order chi connectivity index (χ0) is 18.9. The van der Waals surface area contributed by atoms with Gasteiger partial charge in [-0.2, -0.15) is 0 Å². The van der Waals surface area contributed by atoms with Crippen molar-refractivity contribution in [2.75, 3.05) is 31.3 Å². The summed E-state index contributed by atoms with van der Waals surface area (Å²) in [5.41, 5.74) is 0.208. The Bertz CT molecular complexity index is 465. The second-order valence-corrected chi connectivity index (χ2v) is 6.32. The molecule has 0 aromatic carbocycles. The highest BCUT2D eigenvalue weighted by atomic mass is 32.2. The van der Waals surface area contributed by atoms with Gasteiger partial charge in [0.25, 0.3) is 0 Å². The normalized spacial score (nSPS) is 9.76. The van der Waals surface area contributed by atoms with Gasteiger partial charge in [-0.3, -0.25) is 19.2 Å². The lowest BCUT2D eigenvalue weighted by Crippen LogP contribution is -2.43. The molecule has 0 aliphatic rings. The first-order valence-electron chi connectivity index (χ1n) is 8.00. The number of nitrogens with one attached hydrogen (secondary N) is 4. The molecule has 0 heterocycles. The summed E-state index contributed by atoms with van der Waals surface area (Å²) < 4.78 is 0. The lowest BCUT2D eigenvalue weighted by molar-refractivity contribution is -0.127. The van der Waals surface area contributed by atoms with Crippen molar-refractivity contribution in [1.82, 2.24) is 21.3 Å². The first kappa shape index (κ1) is 23.0. The zero-order valence-electron chi connectivity index (χ0n) is 14.4. The Kier molecular flexibility index (Phi) is 14.2. The summed E-state index contributed by atoms with van der Waals surface area (Å²) in [7, 11) is 1.59. The van der Waals surface area contributed by atoms with Crippen molar-refractivity contribution in [1.29, 1.82) is 0 Å². The first-order chi connectivity index (χ1) is 12.0. The van der Waals surface area contributed by atoms with Gasteiger partial charge in [0.2, 0.25) is 24.1 Å². The van der Waals surface area contributed by atoms with Gasteiger partial charge in [-0.25, -0.2) is 0 Å². The molecular weight excluding hydrogens is 347 g/mol. The lowest BCUT2D eigenvalue weighted by Gasteiger charge is -2.08. The van der Waals surface area contributed by atoms with Gasteiger partial charge in [0.15, 0.2) is 7.85 Å². The highest BCUT2D eigenvalue weighted by Crippen LogP contribution is 2.06. The fraction of sp³-hybridized carbons (Fsp3) is 0.643. The monoisotopic (exact) mass is 372 g/mol. The Balaban J connectivity index is 3.51. The number of amides is 4. The van der Waals surface area contributed by atoms with Crippen LogP contribution in [-0.4, -0.2) is 68.9 Å². The lowest BCUT2D eigenvalue weighted by atomic mass is 9.97. The molecule has 0 radical (unpaired) electrons. The van der Waals surface area contributed by atoms with Crippen LogP contribution >= 0.6 is 11.8 Å². The summed E-state index contributed by atoms with van der Waals surface area (Å²) in [5, 5.41) is 9.50. The molecule has 0 spiro atoms. The number of unbranched alkanes of at least 4 members (excludes halogenated alkanes) is 2. The molecule has 0 aromatic rings. The van der Waals surface area contributed by atoms with E-state index in [9.17, 15) is 24.0 Å². The summed E-state index contributed by atoms with van der Waals surface area (Å²) in [6, 6.07) is 0. The maximum absolute atomic E-state index is 11.5. The Morgan fingerprint density at radius 2 is 1.44 bits per heavy atom. The van der Waals surface area contributed by atoms with E-state index in [0.717, 1.165) is 25.0 Å². The summed E-state index contributed by atoms with van der Waals surface area (Å²) in [5.74, 6) is 0.0477. The van der Waals surface area contributed by atoms with Crippen LogP contribution < -0.4 is 21.3 Å². The fourth-order valence-electron chi connectivity index (χ4n) is 1.64. The molecule has 0 unspecified atom stereocenters. The molecule has 0 fully saturated rings. The SMILES string of the molecule is BC(=O)CCCCCSCNC(=O)CNC(=O)CNC(=O)CNC=O. The number of thioether (sulfide) groups is 1. The van der Waals surface area contributed by atoms with Gasteiger partial charge in [0.1, 0.15) is 0 Å². The molecule has 140 valence electrons. The van der Waals surface area contributed by atoms with Gasteiger partial charge in [0, 0.05) is 0 Å². The minimum absolute atomic E-state index is 0.166. The molecule has 0 atom stereocenters. The van der Waals surface area contributed by atoms with Crippen LogP contribution in [0, 0.1) is 0 Å². The van der Waals surface area contributed by atoms with Crippen molar-refractivity contribution >= 4 is 49.4 Å². The van der Waals surface area contributed by atoms with Crippen LogP contribution in [0.25, 0.3) is 0 Å². The van der Waals surface area contributed by atoms with Gasteiger partial charge < -0.3 is 26.1 Å². The second-order valence-electron chi connectivity index (χ2n) is 5.22. The topological polar surface area (TPSA) is 133 Å². The van der Waals surface area contributed by atoms with E-state index >= 15 is 0 Å². The number of carbonyl (C=O) groups excluding carboxylic acids is 5. The van der Waals surface area contributed by atoms with Crippen molar-refractivity contribution in [3.05, 3.63) is 0 Å². The quantitative estimate of drug-likeness (QED) is 0.109. The van der Waals surface area contributed by atoms with Crippen molar-refractivity contribution < 1.29 is 24.0 Å². The molecule has 4 amide bonds. The minimum Gasteiger partial charge on any atom is -0.350 e. The number of carbonyl (C=O) groups is 5. The third kappa shape index (κ3) is 16.6. The molecule has 0 bridgehead atoms. The van der Waals surface area contributed by atoms with E-state index in [-0.39, 0.29) is 31.2 Å². The third-order valence-corrected chi connectivity index (χ3v) is 3.85. The van der Waals surface area contributed by atoms with E-state index in [1.165, 1.54) is 0 Å². The molecular formula is C14H25BN4O5S. The molecule has 0 saturated heterocycles. The summed E-state index contributed by atoms with van der Waals surface area (Å²) in [4.78, 5) is 54.8. The van der Waals surface area contributed by atoms with Crippen LogP contribution in [0.2, 0.25) is 0 Å². The Morgan fingerprint density at radius 3 is 2.04 bits per heavy atom. The summed E-state index contributed by atoms with van der Waals surface area (Å²) in [6.45, 7) is -0.634. The molecule has 4 N–H and O–H groups in total. The van der Waals surface area contributed by atoms with E-state index < -0.39 is 11.8 Å². The number of hydrogen-bond donors (Lipinski definition) is 4. The van der Waals surface area contributed by atoms with Gasteiger partial charge in [-0.1, -0.05) is 6.42 Å². The Labute approximate surface area is 152 Å². The van der Waals surface area contributed by atoms with E-state index in [2.05, 4.69) is 21.3 Å². The highest BCUT2D eigenvalue weighted by molar-refractivity contribution is 7.99. The molecule has 0 rings (SSSR count). The van der Waals surface area contributed by atoms with Crippen LogP contribution in [0.15, 0.2) is 0 Å². The molecule has 0 aromatic heterocycles. The van der Waals surface area contributed by atoms with Crippen LogP contribution in [-0.2, 0) is 24.0 Å². The van der Waals surface area contributed by atoms with Crippen LogP contribution in [0.4, 0.5) is 0 Å². The Hall–Kier alpha value is -2.04. The van der Waals surface area contributed by atoms with Crippen LogP contribution in [0.3, 0.4) is 0 Å². The molecule has 11 heteroatoms. The highest BCUT2D eigenvalue weighted by Gasteiger charge is 2.07. The maximum Gasteiger partial charge on any atom is 0.240 e. The molecule has 0 aliphatic heterocycles. The van der Waals surface area contributed by atoms with E-state index in [1.54, 1.807) is 19.6 Å². The third-order valence-electron chi connectivity index (χ3n) is 2.93. The number of hydrogen-bond acceptors (Lipinski definition) is 6. The maximum atomic E-state index is 11.5. The predicted octanol–water partition coefficient (Wildman–Crippen LogP) is -2.51. The molecule has 0 saturated carbocycles. The smallest absolute Gasteiger partial charge is 0.240 e. The van der Waals surface area contributed by atoms with Crippen molar-refractivity contribution in [3.63, 3.8) is 0 Å². The first-order valence-corrected chi connectivity index (χ1v) is 9.15. The fourth-order valence-corrected chi connectivity index (χ4v) is 2.45. The predicted molar refractivity (Wildman–Crippen MR) is 97.6 cm³/mol. The second kappa shape index (κ2) is 15.5. The molecule has 0 aliphatic carbocycles. The molecule has 9 nitrogen and oxygen atoms in total. The van der Waals surface area contributed by atoms with Crippen molar-refractivity contribution in [2.45, 2.75) is 25.7 Å². The summed E-state index contributed by atoms with van der Waals surface area (Å²) in [6.07, 6.45) is 3.88. The molecule has 25 heavy (non-hydrogen) atoms. The average molecular weight is 372 g/mol. The van der Waals surface area contributed by atoms with Crippen molar-refractivity contribution in [2.24, 2.45) is 0 Å². The number of rotatable bonds is 15.